The van der Waals surface area contributed by atoms with Crippen LogP contribution in [-0.2, 0) is 4.79 Å². The van der Waals surface area contributed by atoms with E-state index in [-0.39, 0.29) is 42.7 Å². The van der Waals surface area contributed by atoms with Gasteiger partial charge in [0.25, 0.3) is 0 Å². The van der Waals surface area contributed by atoms with Gasteiger partial charge in [-0.1, -0.05) is 19.9 Å². The first kappa shape index (κ1) is 24.1. The summed E-state index contributed by atoms with van der Waals surface area (Å²) in [5, 5.41) is 6.29. The van der Waals surface area contributed by atoms with Crippen LogP contribution in [0.1, 0.15) is 31.7 Å². The molecule has 4 nitrogen and oxygen atoms in total. The number of benzene rings is 1. The number of hydrogen-bond donors (Lipinski definition) is 2. The van der Waals surface area contributed by atoms with Crippen LogP contribution in [0.4, 0.5) is 8.78 Å². The van der Waals surface area contributed by atoms with Crippen molar-refractivity contribution in [2.75, 3.05) is 32.7 Å². The van der Waals surface area contributed by atoms with Crippen molar-refractivity contribution < 1.29 is 13.6 Å². The summed E-state index contributed by atoms with van der Waals surface area (Å²) >= 11 is 0. The quantitative estimate of drug-likeness (QED) is 0.775. The summed E-state index contributed by atoms with van der Waals surface area (Å²) in [6.07, 6.45) is 0.779. The summed E-state index contributed by atoms with van der Waals surface area (Å²) in [4.78, 5) is 14.3. The van der Waals surface area contributed by atoms with Gasteiger partial charge >= 0.3 is 0 Å². The minimum atomic E-state index is -0.843. The number of hydrogen-bond acceptors (Lipinski definition) is 3. The van der Waals surface area contributed by atoms with Crippen LogP contribution in [0, 0.1) is 11.6 Å². The fourth-order valence-corrected chi connectivity index (χ4v) is 3.05. The lowest BCUT2D eigenvalue weighted by Gasteiger charge is -2.33. The normalized spacial score (nSPS) is 19.7. The van der Waals surface area contributed by atoms with Crippen LogP contribution in [-0.4, -0.2) is 49.6 Å². The zero-order valence-electron chi connectivity index (χ0n) is 14.6. The highest BCUT2D eigenvalue weighted by Gasteiger charge is 2.28. The lowest BCUT2D eigenvalue weighted by atomic mass is 9.86. The lowest BCUT2D eigenvalue weighted by Crippen LogP contribution is -2.52. The standard InChI is InChI=1S/C17H25F2N3O.2ClH/c1-3-22(4-2)11-17(23)21-16-10-20-8-7-13(16)12-5-6-14(18)15(19)9-12;;/h5-6,9,13,16,20H,3-4,7-8,10-11H2,1-2H3,(H,21,23);2*1H. The van der Waals surface area contributed by atoms with Gasteiger partial charge in [-0.05, 0) is 43.8 Å². The van der Waals surface area contributed by atoms with Gasteiger partial charge in [0, 0.05) is 18.5 Å². The highest BCUT2D eigenvalue weighted by Crippen LogP contribution is 2.27. The Morgan fingerprint density at radius 1 is 1.24 bits per heavy atom. The summed E-state index contributed by atoms with van der Waals surface area (Å²) in [7, 11) is 0. The fourth-order valence-electron chi connectivity index (χ4n) is 3.05. The van der Waals surface area contributed by atoms with E-state index in [0.29, 0.717) is 13.1 Å². The average Bonchev–Trinajstić information content (AvgIpc) is 2.55. The molecule has 1 fully saturated rings. The van der Waals surface area contributed by atoms with E-state index in [1.165, 1.54) is 6.07 Å². The van der Waals surface area contributed by atoms with Gasteiger partial charge in [-0.15, -0.1) is 24.8 Å². The number of nitrogens with zero attached hydrogens (tertiary/aromatic N) is 1. The van der Waals surface area contributed by atoms with E-state index in [0.717, 1.165) is 37.7 Å². The van der Waals surface area contributed by atoms with Gasteiger partial charge in [-0.25, -0.2) is 8.78 Å². The third-order valence-corrected chi connectivity index (χ3v) is 4.46. The molecule has 1 saturated heterocycles. The van der Waals surface area contributed by atoms with Crippen molar-refractivity contribution in [2.45, 2.75) is 32.2 Å². The summed E-state index contributed by atoms with van der Waals surface area (Å²) in [5.74, 6) is -1.72. The molecule has 8 heteroatoms. The van der Waals surface area contributed by atoms with Gasteiger partial charge in [0.1, 0.15) is 0 Å². The maximum absolute atomic E-state index is 13.5. The zero-order chi connectivity index (χ0) is 16.8. The lowest BCUT2D eigenvalue weighted by molar-refractivity contribution is -0.123. The van der Waals surface area contributed by atoms with E-state index in [1.54, 1.807) is 6.07 Å². The molecule has 0 aliphatic carbocycles. The molecule has 1 aromatic carbocycles. The maximum atomic E-state index is 13.5. The second-order valence-electron chi connectivity index (χ2n) is 5.91. The van der Waals surface area contributed by atoms with Gasteiger partial charge in [-0.3, -0.25) is 9.69 Å². The molecule has 0 radical (unpaired) electrons. The van der Waals surface area contributed by atoms with Crippen molar-refractivity contribution in [3.05, 3.63) is 35.4 Å². The molecule has 1 aliphatic rings. The summed E-state index contributed by atoms with van der Waals surface area (Å²) < 4.78 is 26.6. The third-order valence-electron chi connectivity index (χ3n) is 4.46. The molecule has 1 amide bonds. The summed E-state index contributed by atoms with van der Waals surface area (Å²) in [5.41, 5.74) is 0.735. The first-order chi connectivity index (χ1) is 11.0. The molecule has 0 bridgehead atoms. The molecule has 0 spiro atoms. The first-order valence-electron chi connectivity index (χ1n) is 8.22. The van der Waals surface area contributed by atoms with Crippen molar-refractivity contribution in [1.82, 2.24) is 15.5 Å². The number of carbonyl (C=O) groups excluding carboxylic acids is 1. The molecule has 2 atom stereocenters. The molecule has 1 aliphatic heterocycles. The molecule has 25 heavy (non-hydrogen) atoms. The number of carbonyl (C=O) groups is 1. The molecular weight excluding hydrogens is 371 g/mol. The molecule has 0 aromatic heterocycles. The summed E-state index contributed by atoms with van der Waals surface area (Å²) in [6, 6.07) is 3.89. The number of rotatable bonds is 6. The second kappa shape index (κ2) is 11.6. The van der Waals surface area contributed by atoms with Crippen LogP contribution in [0.5, 0.6) is 0 Å². The van der Waals surface area contributed by atoms with E-state index in [2.05, 4.69) is 10.6 Å². The van der Waals surface area contributed by atoms with Crippen molar-refractivity contribution in [1.29, 1.82) is 0 Å². The van der Waals surface area contributed by atoms with Crippen LogP contribution >= 0.6 is 24.8 Å². The van der Waals surface area contributed by atoms with Crippen LogP contribution in [0.3, 0.4) is 0 Å². The van der Waals surface area contributed by atoms with E-state index in [9.17, 15) is 13.6 Å². The Morgan fingerprint density at radius 3 is 2.52 bits per heavy atom. The Hall–Kier alpha value is -0.950. The minimum absolute atomic E-state index is 0. The maximum Gasteiger partial charge on any atom is 0.234 e. The third kappa shape index (κ3) is 6.70. The van der Waals surface area contributed by atoms with E-state index >= 15 is 0 Å². The molecule has 144 valence electrons. The van der Waals surface area contributed by atoms with Crippen molar-refractivity contribution in [3.63, 3.8) is 0 Å². The molecule has 2 N–H and O–H groups in total. The molecule has 2 rings (SSSR count). The van der Waals surface area contributed by atoms with Crippen LogP contribution in [0.15, 0.2) is 18.2 Å². The zero-order valence-corrected chi connectivity index (χ0v) is 16.2. The van der Waals surface area contributed by atoms with Gasteiger partial charge in [0.2, 0.25) is 5.91 Å². The molecular formula is C17H27Cl2F2N3O. The fraction of sp³-hybridized carbons (Fsp3) is 0.588. The monoisotopic (exact) mass is 397 g/mol. The number of likely N-dealkylation sites (N-methyl/N-ethyl adjacent to an activating group) is 1. The number of nitrogens with one attached hydrogen (secondary N) is 2. The topological polar surface area (TPSA) is 44.4 Å². The van der Waals surface area contributed by atoms with Crippen LogP contribution in [0.25, 0.3) is 0 Å². The number of amides is 1. The Morgan fingerprint density at radius 2 is 1.92 bits per heavy atom. The van der Waals surface area contributed by atoms with Gasteiger partial charge < -0.3 is 10.6 Å². The largest absolute Gasteiger partial charge is 0.350 e. The Labute approximate surface area is 160 Å². The average molecular weight is 398 g/mol. The Bertz CT molecular complexity index is 545. The number of piperidine rings is 1. The minimum Gasteiger partial charge on any atom is -0.350 e. The Balaban J connectivity index is 0.00000288. The van der Waals surface area contributed by atoms with Crippen molar-refractivity contribution in [3.8, 4) is 0 Å². The number of halogens is 4. The first-order valence-corrected chi connectivity index (χ1v) is 8.22. The Kier molecular flexibility index (Phi) is 11.2. The van der Waals surface area contributed by atoms with E-state index in [4.69, 9.17) is 0 Å². The van der Waals surface area contributed by atoms with Crippen molar-refractivity contribution >= 4 is 30.7 Å². The predicted molar refractivity (Wildman–Crippen MR) is 101 cm³/mol. The van der Waals surface area contributed by atoms with Gasteiger partial charge in [-0.2, -0.15) is 0 Å². The molecule has 2 unspecified atom stereocenters. The smallest absolute Gasteiger partial charge is 0.234 e. The van der Waals surface area contributed by atoms with Crippen LogP contribution in [0.2, 0.25) is 0 Å². The SMILES string of the molecule is CCN(CC)CC(=O)NC1CNCCC1c1ccc(F)c(F)c1.Cl.Cl. The van der Waals surface area contributed by atoms with Crippen molar-refractivity contribution in [2.24, 2.45) is 0 Å². The van der Waals surface area contributed by atoms with Gasteiger partial charge in [0.15, 0.2) is 11.6 Å². The predicted octanol–water partition coefficient (Wildman–Crippen LogP) is 2.71. The highest BCUT2D eigenvalue weighted by molar-refractivity contribution is 5.85. The van der Waals surface area contributed by atoms with Gasteiger partial charge in [0.05, 0.1) is 6.54 Å². The second-order valence-corrected chi connectivity index (χ2v) is 5.91. The molecule has 1 aromatic rings. The van der Waals surface area contributed by atoms with E-state index in [1.807, 2.05) is 18.7 Å². The van der Waals surface area contributed by atoms with E-state index < -0.39 is 11.6 Å². The molecule has 0 saturated carbocycles. The highest BCUT2D eigenvalue weighted by atomic mass is 35.5. The summed E-state index contributed by atoms with van der Waals surface area (Å²) in [6.45, 7) is 7.46. The molecule has 1 heterocycles. The van der Waals surface area contributed by atoms with Crippen LogP contribution < -0.4 is 10.6 Å².